The Morgan fingerprint density at radius 2 is 0.578 bits per heavy atom. The molecule has 15 atom stereocenters. The number of carbonyl (C=O) groups excluding carboxylic acids is 10. The fraction of sp³-hybridized carbons (Fsp3) is 0.737. The normalized spacial score (nSPS) is 32.3. The Balaban J connectivity index is 2.28. The minimum absolute atomic E-state index is 0.681. The standard InChI is InChI=1S/C38H52O26/c1-14(39)50-11-24-28(30(54-18(5)43)33(36(49)60-24)57-21(8)46)63-38-35(59-23(10)48)32(56-20(7)45)29(26(62-38)13-52-16(3)41)64-37-34(58-22(9)47)31(55-19(6)44)27(53-17(4)42)25(61-37)12-51-15(2)40/h24-38,49H,11-13H2,1-10H3/t24-,25-,26-,27-,28-,29-,30-,31-,32-,33-,34-,35-,36?,37?,38?/m1/s1. The van der Waals surface area contributed by atoms with Crippen LogP contribution in [-0.2, 0) is 119 Å². The van der Waals surface area contributed by atoms with Crippen LogP contribution < -0.4 is 0 Å². The van der Waals surface area contributed by atoms with Crippen LogP contribution in [0.3, 0.4) is 0 Å². The van der Waals surface area contributed by atoms with Crippen molar-refractivity contribution in [1.29, 1.82) is 0 Å². The largest absolute Gasteiger partial charge is 0.463 e. The van der Waals surface area contributed by atoms with Crippen molar-refractivity contribution in [2.75, 3.05) is 19.8 Å². The van der Waals surface area contributed by atoms with Crippen molar-refractivity contribution >= 4 is 59.7 Å². The maximum Gasteiger partial charge on any atom is 0.303 e. The van der Waals surface area contributed by atoms with E-state index in [2.05, 4.69) is 0 Å². The van der Waals surface area contributed by atoms with Crippen LogP contribution in [0.25, 0.3) is 0 Å². The number of carbonyl (C=O) groups is 10. The lowest BCUT2D eigenvalue weighted by Crippen LogP contribution is -2.68. The van der Waals surface area contributed by atoms with Crippen LogP contribution in [-0.4, -0.2) is 177 Å². The summed E-state index contributed by atoms with van der Waals surface area (Å²) < 4.78 is 84.2. The Bertz CT molecular complexity index is 1730. The van der Waals surface area contributed by atoms with Crippen molar-refractivity contribution in [3.05, 3.63) is 0 Å². The minimum Gasteiger partial charge on any atom is -0.463 e. The van der Waals surface area contributed by atoms with Gasteiger partial charge in [-0.2, -0.15) is 0 Å². The summed E-state index contributed by atoms with van der Waals surface area (Å²) in [6.07, 6.45) is -27.2. The number of aliphatic hydroxyl groups is 1. The highest BCUT2D eigenvalue weighted by atomic mass is 16.8. The van der Waals surface area contributed by atoms with Crippen molar-refractivity contribution < 1.29 is 124 Å². The predicted molar refractivity (Wildman–Crippen MR) is 197 cm³/mol. The van der Waals surface area contributed by atoms with Crippen LogP contribution in [0.5, 0.6) is 0 Å². The number of hydrogen-bond donors (Lipinski definition) is 1. The molecule has 3 saturated heterocycles. The van der Waals surface area contributed by atoms with Crippen LogP contribution in [0, 0.1) is 0 Å². The van der Waals surface area contributed by atoms with Gasteiger partial charge < -0.3 is 76.2 Å². The van der Waals surface area contributed by atoms with E-state index in [0.717, 1.165) is 69.2 Å². The first-order valence-electron chi connectivity index (χ1n) is 19.4. The summed E-state index contributed by atoms with van der Waals surface area (Å²) in [6, 6.07) is 0. The first-order chi connectivity index (χ1) is 29.9. The third-order valence-corrected chi connectivity index (χ3v) is 8.84. The lowest BCUT2D eigenvalue weighted by Gasteiger charge is -2.50. The maximum atomic E-state index is 12.9. The molecule has 64 heavy (non-hydrogen) atoms. The maximum absolute atomic E-state index is 12.9. The van der Waals surface area contributed by atoms with E-state index < -0.39 is 172 Å². The van der Waals surface area contributed by atoms with Crippen molar-refractivity contribution in [1.82, 2.24) is 0 Å². The van der Waals surface area contributed by atoms with Gasteiger partial charge in [-0.1, -0.05) is 0 Å². The molecule has 3 unspecified atom stereocenters. The molecule has 3 heterocycles. The molecule has 26 nitrogen and oxygen atoms in total. The van der Waals surface area contributed by atoms with E-state index in [4.69, 9.17) is 71.1 Å². The van der Waals surface area contributed by atoms with Crippen LogP contribution in [0.15, 0.2) is 0 Å². The highest BCUT2D eigenvalue weighted by Crippen LogP contribution is 2.38. The van der Waals surface area contributed by atoms with Gasteiger partial charge in [-0.05, 0) is 0 Å². The zero-order chi connectivity index (χ0) is 48.2. The van der Waals surface area contributed by atoms with Gasteiger partial charge in [-0.3, -0.25) is 47.9 Å². The number of ether oxygens (including phenoxy) is 15. The van der Waals surface area contributed by atoms with Gasteiger partial charge in [0.1, 0.15) is 50.3 Å². The number of rotatable bonds is 17. The summed E-state index contributed by atoms with van der Waals surface area (Å²) in [4.78, 5) is 124. The molecule has 0 spiro atoms. The van der Waals surface area contributed by atoms with Crippen LogP contribution in [0.4, 0.5) is 0 Å². The molecule has 26 heteroatoms. The van der Waals surface area contributed by atoms with E-state index in [-0.39, 0.29) is 0 Å². The van der Waals surface area contributed by atoms with Gasteiger partial charge in [0.2, 0.25) is 0 Å². The lowest BCUT2D eigenvalue weighted by atomic mass is 9.95. The minimum atomic E-state index is -2.02. The van der Waals surface area contributed by atoms with Crippen LogP contribution in [0.1, 0.15) is 69.2 Å². The predicted octanol–water partition coefficient (Wildman–Crippen LogP) is -1.86. The van der Waals surface area contributed by atoms with Gasteiger partial charge in [0, 0.05) is 69.2 Å². The number of hydrogen-bond acceptors (Lipinski definition) is 26. The highest BCUT2D eigenvalue weighted by molar-refractivity contribution is 5.70. The van der Waals surface area contributed by atoms with Crippen LogP contribution >= 0.6 is 0 Å². The molecular weight excluding hydrogens is 872 g/mol. The van der Waals surface area contributed by atoms with Crippen molar-refractivity contribution in [3.63, 3.8) is 0 Å². The molecule has 0 aromatic carbocycles. The Hall–Kier alpha value is -5.54. The summed E-state index contributed by atoms with van der Waals surface area (Å²) in [6.45, 7) is 7.65. The van der Waals surface area contributed by atoms with Gasteiger partial charge in [-0.15, -0.1) is 0 Å². The van der Waals surface area contributed by atoms with Gasteiger partial charge in [0.25, 0.3) is 0 Å². The molecule has 360 valence electrons. The summed E-state index contributed by atoms with van der Waals surface area (Å²) in [5.74, 6) is -9.61. The first kappa shape index (κ1) is 52.8. The molecule has 0 radical (unpaired) electrons. The van der Waals surface area contributed by atoms with Crippen molar-refractivity contribution in [3.8, 4) is 0 Å². The second-order valence-electron chi connectivity index (χ2n) is 14.3. The lowest BCUT2D eigenvalue weighted by molar-refractivity contribution is -0.378. The smallest absolute Gasteiger partial charge is 0.303 e. The van der Waals surface area contributed by atoms with E-state index in [9.17, 15) is 53.1 Å². The van der Waals surface area contributed by atoms with Gasteiger partial charge in [-0.25, -0.2) is 0 Å². The topological polar surface area (TPSA) is 329 Å². The van der Waals surface area contributed by atoms with Crippen molar-refractivity contribution in [2.45, 2.75) is 161 Å². The molecule has 1 N–H and O–H groups in total. The second-order valence-corrected chi connectivity index (χ2v) is 14.3. The Morgan fingerprint density at radius 3 is 0.906 bits per heavy atom. The summed E-state index contributed by atoms with van der Waals surface area (Å²) in [5.41, 5.74) is 0. The Labute approximate surface area is 364 Å². The molecule has 3 fully saturated rings. The Kier molecular flexibility index (Phi) is 19.8. The third kappa shape index (κ3) is 15.6. The molecular formula is C38H52O26. The van der Waals surface area contributed by atoms with Gasteiger partial charge >= 0.3 is 59.7 Å². The molecule has 3 aliphatic rings. The Morgan fingerprint density at radius 1 is 0.328 bits per heavy atom. The van der Waals surface area contributed by atoms with Gasteiger partial charge in [0.15, 0.2) is 61.6 Å². The van der Waals surface area contributed by atoms with E-state index >= 15 is 0 Å². The fourth-order valence-corrected chi connectivity index (χ4v) is 6.77. The molecule has 0 bridgehead atoms. The van der Waals surface area contributed by atoms with Crippen LogP contribution in [0.2, 0.25) is 0 Å². The average molecular weight is 925 g/mol. The van der Waals surface area contributed by atoms with E-state index in [1.54, 1.807) is 0 Å². The summed E-state index contributed by atoms with van der Waals surface area (Å²) in [5, 5.41) is 10.9. The molecule has 0 aromatic heterocycles. The summed E-state index contributed by atoms with van der Waals surface area (Å²) >= 11 is 0. The second kappa shape index (κ2) is 23.9. The molecule has 3 rings (SSSR count). The molecule has 0 aromatic rings. The molecule has 3 aliphatic heterocycles. The molecule has 0 saturated carbocycles. The van der Waals surface area contributed by atoms with Gasteiger partial charge in [0.05, 0.1) is 0 Å². The zero-order valence-corrected chi connectivity index (χ0v) is 36.4. The number of aliphatic hydroxyl groups excluding tert-OH is 1. The fourth-order valence-electron chi connectivity index (χ4n) is 6.77. The zero-order valence-electron chi connectivity index (χ0n) is 36.4. The van der Waals surface area contributed by atoms with Crippen molar-refractivity contribution in [2.24, 2.45) is 0 Å². The van der Waals surface area contributed by atoms with E-state index in [1.807, 2.05) is 0 Å². The van der Waals surface area contributed by atoms with E-state index in [1.165, 1.54) is 0 Å². The summed E-state index contributed by atoms with van der Waals surface area (Å²) in [7, 11) is 0. The average Bonchev–Trinajstić information content (AvgIpc) is 3.15. The van der Waals surface area contributed by atoms with E-state index in [0.29, 0.717) is 0 Å². The first-order valence-corrected chi connectivity index (χ1v) is 19.4. The SMILES string of the molecule is CC(=O)OC[C@H]1OC(O)[C@H](OC(C)=O)[C@H](OC(C)=O)[C@@H]1OC1O[C@H](COC(C)=O)[C@@H](OC2O[C@H](COC(C)=O)[C@@H](OC(C)=O)[C@@H](OC(C)=O)[C@H]2OC(C)=O)[C@@H](OC(C)=O)[C@H]1OC(C)=O. The molecule has 0 aliphatic carbocycles. The highest BCUT2D eigenvalue weighted by Gasteiger charge is 2.59. The monoisotopic (exact) mass is 924 g/mol. The third-order valence-electron chi connectivity index (χ3n) is 8.84. The number of esters is 10. The quantitative estimate of drug-likeness (QED) is 0.123. The molecule has 0 amide bonds.